The number of likely N-dealkylation sites (N-methyl/N-ethyl adjacent to an activating group) is 1. The third kappa shape index (κ3) is 2.55. The molecule has 0 aromatic carbocycles. The van der Waals surface area contributed by atoms with Crippen molar-refractivity contribution in [1.82, 2.24) is 14.5 Å². The lowest BCUT2D eigenvalue weighted by atomic mass is 10.0. The maximum atomic E-state index is 4.33. The quantitative estimate of drug-likeness (QED) is 0.843. The molecule has 1 N–H and O–H groups in total. The number of piperidine rings is 1. The number of aryl methyl sites for hydroxylation is 1. The number of hydrogen-bond acceptors (Lipinski definition) is 3. The first-order chi connectivity index (χ1) is 7.81. The standard InChI is InChI=1S/C12H22N4/c1-3-16-9-7-13-12(16)14-10-11-6-4-5-8-15(11)2/h7,9,11H,3-6,8,10H2,1-2H3,(H,13,14). The van der Waals surface area contributed by atoms with E-state index in [1.54, 1.807) is 0 Å². The molecule has 4 nitrogen and oxygen atoms in total. The summed E-state index contributed by atoms with van der Waals surface area (Å²) in [5.41, 5.74) is 0. The van der Waals surface area contributed by atoms with E-state index in [2.05, 4.69) is 33.7 Å². The Bertz CT molecular complexity index is 321. The van der Waals surface area contributed by atoms with Crippen molar-refractivity contribution < 1.29 is 0 Å². The topological polar surface area (TPSA) is 33.1 Å². The zero-order valence-electron chi connectivity index (χ0n) is 10.3. The number of hydrogen-bond donors (Lipinski definition) is 1. The van der Waals surface area contributed by atoms with Gasteiger partial charge in [0.1, 0.15) is 0 Å². The first-order valence-electron chi connectivity index (χ1n) is 6.26. The molecule has 0 amide bonds. The van der Waals surface area contributed by atoms with Crippen molar-refractivity contribution >= 4 is 5.95 Å². The summed E-state index contributed by atoms with van der Waals surface area (Å²) in [5, 5.41) is 3.45. The second-order valence-electron chi connectivity index (χ2n) is 4.55. The monoisotopic (exact) mass is 222 g/mol. The largest absolute Gasteiger partial charge is 0.354 e. The Morgan fingerprint density at radius 3 is 3.12 bits per heavy atom. The van der Waals surface area contributed by atoms with Crippen LogP contribution in [0.25, 0.3) is 0 Å². The van der Waals surface area contributed by atoms with E-state index in [1.807, 2.05) is 12.4 Å². The fourth-order valence-electron chi connectivity index (χ4n) is 2.34. The molecule has 0 saturated carbocycles. The van der Waals surface area contributed by atoms with E-state index < -0.39 is 0 Å². The number of anilines is 1. The third-order valence-corrected chi connectivity index (χ3v) is 3.47. The normalized spacial score (nSPS) is 22.2. The van der Waals surface area contributed by atoms with E-state index in [1.165, 1.54) is 25.8 Å². The number of rotatable bonds is 4. The second kappa shape index (κ2) is 5.34. The number of imidazole rings is 1. The molecule has 1 aliphatic rings. The van der Waals surface area contributed by atoms with Crippen molar-refractivity contribution in [1.29, 1.82) is 0 Å². The van der Waals surface area contributed by atoms with Gasteiger partial charge < -0.3 is 14.8 Å². The lowest BCUT2D eigenvalue weighted by molar-refractivity contribution is 0.194. The highest BCUT2D eigenvalue weighted by Gasteiger charge is 2.18. The Morgan fingerprint density at radius 1 is 1.50 bits per heavy atom. The van der Waals surface area contributed by atoms with Crippen LogP contribution >= 0.6 is 0 Å². The van der Waals surface area contributed by atoms with E-state index in [0.29, 0.717) is 6.04 Å². The average molecular weight is 222 g/mol. The van der Waals surface area contributed by atoms with Crippen molar-refractivity contribution in [3.05, 3.63) is 12.4 Å². The van der Waals surface area contributed by atoms with Crippen molar-refractivity contribution in [3.63, 3.8) is 0 Å². The maximum absolute atomic E-state index is 4.33. The van der Waals surface area contributed by atoms with Gasteiger partial charge in [0.15, 0.2) is 0 Å². The van der Waals surface area contributed by atoms with Crippen LogP contribution in [0.4, 0.5) is 5.95 Å². The summed E-state index contributed by atoms with van der Waals surface area (Å²) in [5.74, 6) is 1.00. The smallest absolute Gasteiger partial charge is 0.202 e. The lowest BCUT2D eigenvalue weighted by Crippen LogP contribution is -2.41. The molecule has 0 aliphatic carbocycles. The van der Waals surface area contributed by atoms with Gasteiger partial charge in [-0.1, -0.05) is 6.42 Å². The van der Waals surface area contributed by atoms with E-state index in [4.69, 9.17) is 0 Å². The van der Waals surface area contributed by atoms with Crippen LogP contribution in [-0.2, 0) is 6.54 Å². The van der Waals surface area contributed by atoms with E-state index in [-0.39, 0.29) is 0 Å². The van der Waals surface area contributed by atoms with Crippen LogP contribution in [0.15, 0.2) is 12.4 Å². The minimum Gasteiger partial charge on any atom is -0.354 e. The Labute approximate surface area is 97.7 Å². The van der Waals surface area contributed by atoms with Gasteiger partial charge in [0, 0.05) is 31.5 Å². The molecule has 1 atom stereocenters. The van der Waals surface area contributed by atoms with Crippen LogP contribution in [-0.4, -0.2) is 40.6 Å². The van der Waals surface area contributed by atoms with Crippen LogP contribution in [0.3, 0.4) is 0 Å². The highest BCUT2D eigenvalue weighted by Crippen LogP contribution is 2.15. The zero-order chi connectivity index (χ0) is 11.4. The minimum atomic E-state index is 0.663. The van der Waals surface area contributed by atoms with Gasteiger partial charge in [-0.3, -0.25) is 0 Å². The van der Waals surface area contributed by atoms with Crippen LogP contribution in [0.2, 0.25) is 0 Å². The van der Waals surface area contributed by atoms with Crippen molar-refractivity contribution in [2.24, 2.45) is 0 Å². The molecule has 0 spiro atoms. The molecule has 1 unspecified atom stereocenters. The van der Waals surface area contributed by atoms with Gasteiger partial charge in [-0.25, -0.2) is 4.98 Å². The molecule has 1 fully saturated rings. The van der Waals surface area contributed by atoms with Crippen molar-refractivity contribution in [3.8, 4) is 0 Å². The van der Waals surface area contributed by atoms with Crippen LogP contribution in [0.5, 0.6) is 0 Å². The number of likely N-dealkylation sites (tertiary alicyclic amines) is 1. The summed E-state index contributed by atoms with van der Waals surface area (Å²) in [4.78, 5) is 6.78. The third-order valence-electron chi connectivity index (χ3n) is 3.47. The zero-order valence-corrected chi connectivity index (χ0v) is 10.3. The minimum absolute atomic E-state index is 0.663. The predicted molar refractivity (Wildman–Crippen MR) is 66.7 cm³/mol. The van der Waals surface area contributed by atoms with E-state index >= 15 is 0 Å². The Balaban J connectivity index is 1.86. The van der Waals surface area contributed by atoms with Crippen LogP contribution < -0.4 is 5.32 Å². The fraction of sp³-hybridized carbons (Fsp3) is 0.750. The van der Waals surface area contributed by atoms with Gasteiger partial charge in [0.05, 0.1) is 0 Å². The van der Waals surface area contributed by atoms with Gasteiger partial charge in [-0.2, -0.15) is 0 Å². The molecule has 2 rings (SSSR count). The van der Waals surface area contributed by atoms with Gasteiger partial charge in [-0.15, -0.1) is 0 Å². The molecule has 2 heterocycles. The highest BCUT2D eigenvalue weighted by atomic mass is 15.2. The predicted octanol–water partition coefficient (Wildman–Crippen LogP) is 1.80. The van der Waals surface area contributed by atoms with Crippen LogP contribution in [0, 0.1) is 0 Å². The molecule has 90 valence electrons. The van der Waals surface area contributed by atoms with Gasteiger partial charge >= 0.3 is 0 Å². The summed E-state index contributed by atoms with van der Waals surface area (Å²) in [6, 6.07) is 0.663. The number of nitrogens with zero attached hydrogens (tertiary/aromatic N) is 3. The van der Waals surface area contributed by atoms with Crippen molar-refractivity contribution in [2.45, 2.75) is 38.8 Å². The second-order valence-corrected chi connectivity index (χ2v) is 4.55. The molecular weight excluding hydrogens is 200 g/mol. The van der Waals surface area contributed by atoms with Gasteiger partial charge in [-0.05, 0) is 33.4 Å². The SMILES string of the molecule is CCn1ccnc1NCC1CCCCN1C. The number of aromatic nitrogens is 2. The highest BCUT2D eigenvalue weighted by molar-refractivity contribution is 5.26. The Hall–Kier alpha value is -1.03. The Kier molecular flexibility index (Phi) is 3.83. The van der Waals surface area contributed by atoms with Crippen molar-refractivity contribution in [2.75, 3.05) is 25.5 Å². The van der Waals surface area contributed by atoms with Gasteiger partial charge in [0.25, 0.3) is 0 Å². The molecule has 1 aliphatic heterocycles. The van der Waals surface area contributed by atoms with Crippen LogP contribution in [0.1, 0.15) is 26.2 Å². The number of nitrogens with one attached hydrogen (secondary N) is 1. The first kappa shape index (κ1) is 11.5. The van der Waals surface area contributed by atoms with E-state index in [9.17, 15) is 0 Å². The molecular formula is C12H22N4. The van der Waals surface area contributed by atoms with Gasteiger partial charge in [0.2, 0.25) is 5.95 Å². The maximum Gasteiger partial charge on any atom is 0.202 e. The molecule has 4 heteroatoms. The molecule has 1 aromatic heterocycles. The summed E-state index contributed by atoms with van der Waals surface area (Å²) < 4.78 is 2.14. The molecule has 1 aromatic rings. The molecule has 16 heavy (non-hydrogen) atoms. The molecule has 0 radical (unpaired) electrons. The Morgan fingerprint density at radius 2 is 2.38 bits per heavy atom. The summed E-state index contributed by atoms with van der Waals surface area (Å²) in [6.07, 6.45) is 7.88. The lowest BCUT2D eigenvalue weighted by Gasteiger charge is -2.32. The summed E-state index contributed by atoms with van der Waals surface area (Å²) in [7, 11) is 2.22. The van der Waals surface area contributed by atoms with E-state index in [0.717, 1.165) is 19.0 Å². The average Bonchev–Trinajstić information content (AvgIpc) is 2.75. The molecule has 1 saturated heterocycles. The summed E-state index contributed by atoms with van der Waals surface area (Å²) in [6.45, 7) is 5.35. The fourth-order valence-corrected chi connectivity index (χ4v) is 2.34. The first-order valence-corrected chi connectivity index (χ1v) is 6.26. The molecule has 0 bridgehead atoms. The summed E-state index contributed by atoms with van der Waals surface area (Å²) >= 11 is 0.